The zero-order chi connectivity index (χ0) is 12.1. The maximum absolute atomic E-state index is 11.4. The number of rotatable bonds is 4. The van der Waals surface area contributed by atoms with Crippen LogP contribution in [0.25, 0.3) is 0 Å². The molecule has 0 saturated heterocycles. The Morgan fingerprint density at radius 2 is 1.81 bits per heavy atom. The van der Waals surface area contributed by atoms with Gasteiger partial charge in [-0.2, -0.15) is 0 Å². The van der Waals surface area contributed by atoms with Gasteiger partial charge in [-0.15, -0.1) is 0 Å². The van der Waals surface area contributed by atoms with Crippen LogP contribution in [0.1, 0.15) is 12.5 Å². The molecule has 0 aliphatic rings. The van der Waals surface area contributed by atoms with E-state index in [1.807, 2.05) is 0 Å². The van der Waals surface area contributed by atoms with E-state index in [2.05, 4.69) is 4.74 Å². The molecular formula is C12H13NO3. The van der Waals surface area contributed by atoms with Gasteiger partial charge in [0.1, 0.15) is 5.78 Å². The third-order valence-corrected chi connectivity index (χ3v) is 2.22. The van der Waals surface area contributed by atoms with Crippen molar-refractivity contribution in [3.8, 4) is 0 Å². The first-order chi connectivity index (χ1) is 7.57. The molecule has 1 aromatic rings. The molecule has 4 nitrogen and oxygen atoms in total. The van der Waals surface area contributed by atoms with E-state index >= 15 is 0 Å². The van der Waals surface area contributed by atoms with E-state index < -0.39 is 11.9 Å². The van der Waals surface area contributed by atoms with Crippen LogP contribution in [0.5, 0.6) is 0 Å². The molecule has 1 rings (SSSR count). The Hall–Kier alpha value is -1.97. The Labute approximate surface area is 93.7 Å². The van der Waals surface area contributed by atoms with Crippen molar-refractivity contribution >= 4 is 17.5 Å². The summed E-state index contributed by atoms with van der Waals surface area (Å²) in [7, 11) is 1.20. The largest absolute Gasteiger partial charge is 0.468 e. The summed E-state index contributed by atoms with van der Waals surface area (Å²) in [6.07, 6.45) is 0. The molecule has 16 heavy (non-hydrogen) atoms. The van der Waals surface area contributed by atoms with Crippen LogP contribution < -0.4 is 0 Å². The minimum atomic E-state index is -1.13. The van der Waals surface area contributed by atoms with E-state index in [9.17, 15) is 9.59 Å². The first kappa shape index (κ1) is 12.1. The molecule has 0 radical (unpaired) electrons. The first-order valence-corrected chi connectivity index (χ1v) is 4.80. The molecule has 1 aromatic carbocycles. The van der Waals surface area contributed by atoms with Crippen molar-refractivity contribution in [2.75, 3.05) is 7.11 Å². The topological polar surface area (TPSA) is 67.2 Å². The van der Waals surface area contributed by atoms with Crippen molar-refractivity contribution in [1.82, 2.24) is 0 Å². The molecule has 0 unspecified atom stereocenters. The average Bonchev–Trinajstić information content (AvgIpc) is 2.29. The quantitative estimate of drug-likeness (QED) is 0.473. The van der Waals surface area contributed by atoms with E-state index in [0.717, 1.165) is 0 Å². The van der Waals surface area contributed by atoms with E-state index in [0.29, 0.717) is 5.56 Å². The molecule has 0 aromatic heterocycles. The van der Waals surface area contributed by atoms with Gasteiger partial charge in [0.15, 0.2) is 5.92 Å². The number of benzene rings is 1. The number of hydrogen-bond donors (Lipinski definition) is 1. The number of ketones is 1. The number of carbonyl (C=O) groups is 2. The molecule has 0 fully saturated rings. The molecule has 84 valence electrons. The lowest BCUT2D eigenvalue weighted by molar-refractivity contribution is -0.145. The van der Waals surface area contributed by atoms with Crippen molar-refractivity contribution in [1.29, 1.82) is 5.41 Å². The van der Waals surface area contributed by atoms with E-state index in [1.54, 1.807) is 30.3 Å². The lowest BCUT2D eigenvalue weighted by Crippen LogP contribution is -2.31. The maximum atomic E-state index is 11.4. The summed E-state index contributed by atoms with van der Waals surface area (Å²) in [5, 5.41) is 7.83. The van der Waals surface area contributed by atoms with Gasteiger partial charge < -0.3 is 10.1 Å². The van der Waals surface area contributed by atoms with Gasteiger partial charge in [0.05, 0.1) is 12.8 Å². The van der Waals surface area contributed by atoms with Gasteiger partial charge in [0.25, 0.3) is 0 Å². The zero-order valence-electron chi connectivity index (χ0n) is 9.19. The highest BCUT2D eigenvalue weighted by molar-refractivity contribution is 6.22. The minimum Gasteiger partial charge on any atom is -0.468 e. The van der Waals surface area contributed by atoms with Crippen LogP contribution >= 0.6 is 0 Å². The van der Waals surface area contributed by atoms with Crippen molar-refractivity contribution < 1.29 is 14.3 Å². The summed E-state index contributed by atoms with van der Waals surface area (Å²) in [4.78, 5) is 22.7. The molecule has 1 atom stereocenters. The van der Waals surface area contributed by atoms with Crippen molar-refractivity contribution in [3.63, 3.8) is 0 Å². The van der Waals surface area contributed by atoms with E-state index in [1.165, 1.54) is 14.0 Å². The first-order valence-electron chi connectivity index (χ1n) is 4.80. The Balaban J connectivity index is 3.02. The highest BCUT2D eigenvalue weighted by Crippen LogP contribution is 2.11. The monoisotopic (exact) mass is 219 g/mol. The SMILES string of the molecule is COC(=O)[C@H](C(=N)c1ccccc1)C(C)=O. The number of esters is 1. The fourth-order valence-electron chi connectivity index (χ4n) is 1.39. The maximum Gasteiger partial charge on any atom is 0.322 e. The number of Topliss-reactive ketones (excluding diaryl/α,β-unsaturated/α-hetero) is 1. The van der Waals surface area contributed by atoms with Gasteiger partial charge in [-0.25, -0.2) is 0 Å². The molecule has 0 bridgehead atoms. The Morgan fingerprint density at radius 1 is 1.25 bits per heavy atom. The van der Waals surface area contributed by atoms with Gasteiger partial charge in [0.2, 0.25) is 0 Å². The van der Waals surface area contributed by atoms with Gasteiger partial charge in [-0.05, 0) is 12.5 Å². The fraction of sp³-hybridized carbons (Fsp3) is 0.250. The second kappa shape index (κ2) is 5.21. The second-order valence-corrected chi connectivity index (χ2v) is 3.35. The molecule has 0 amide bonds. The molecule has 0 spiro atoms. The van der Waals surface area contributed by atoms with Crippen LogP contribution in [-0.2, 0) is 14.3 Å². The van der Waals surface area contributed by atoms with Crippen molar-refractivity contribution in [2.24, 2.45) is 5.92 Å². The lowest BCUT2D eigenvalue weighted by Gasteiger charge is -2.12. The molecule has 4 heteroatoms. The zero-order valence-corrected chi connectivity index (χ0v) is 9.19. The van der Waals surface area contributed by atoms with Crippen LogP contribution in [0.3, 0.4) is 0 Å². The number of carbonyl (C=O) groups excluding carboxylic acids is 2. The second-order valence-electron chi connectivity index (χ2n) is 3.35. The van der Waals surface area contributed by atoms with Crippen molar-refractivity contribution in [2.45, 2.75) is 6.92 Å². The van der Waals surface area contributed by atoms with Crippen LogP contribution in [0.15, 0.2) is 30.3 Å². The Kier molecular flexibility index (Phi) is 3.94. The van der Waals surface area contributed by atoms with E-state index in [4.69, 9.17) is 5.41 Å². The smallest absolute Gasteiger partial charge is 0.322 e. The van der Waals surface area contributed by atoms with E-state index in [-0.39, 0.29) is 11.5 Å². The Bertz CT molecular complexity index is 412. The molecule has 0 aliphatic carbocycles. The van der Waals surface area contributed by atoms with Crippen LogP contribution in [0, 0.1) is 11.3 Å². The Morgan fingerprint density at radius 3 is 2.25 bits per heavy atom. The predicted octanol–water partition coefficient (Wildman–Crippen LogP) is 1.43. The standard InChI is InChI=1S/C12H13NO3/c1-8(14)10(12(15)16-2)11(13)9-6-4-3-5-7-9/h3-7,10,13H,1-2H3/t10-/m0/s1. The van der Waals surface area contributed by atoms with Crippen LogP contribution in [0.4, 0.5) is 0 Å². The van der Waals surface area contributed by atoms with Crippen molar-refractivity contribution in [3.05, 3.63) is 35.9 Å². The third kappa shape index (κ3) is 2.53. The summed E-state index contributed by atoms with van der Waals surface area (Å²) in [5.41, 5.74) is 0.521. The average molecular weight is 219 g/mol. The molecule has 1 N–H and O–H groups in total. The third-order valence-electron chi connectivity index (χ3n) is 2.22. The summed E-state index contributed by atoms with van der Waals surface area (Å²) >= 11 is 0. The highest BCUT2D eigenvalue weighted by atomic mass is 16.5. The lowest BCUT2D eigenvalue weighted by atomic mass is 9.93. The summed E-state index contributed by atoms with van der Waals surface area (Å²) < 4.78 is 4.52. The molecule has 0 aliphatic heterocycles. The van der Waals surface area contributed by atoms with Gasteiger partial charge >= 0.3 is 5.97 Å². The highest BCUT2D eigenvalue weighted by Gasteiger charge is 2.29. The molecule has 0 saturated carbocycles. The molecule has 0 heterocycles. The number of hydrogen-bond acceptors (Lipinski definition) is 4. The van der Waals surface area contributed by atoms with Gasteiger partial charge in [-0.1, -0.05) is 30.3 Å². The molecular weight excluding hydrogens is 206 g/mol. The van der Waals surface area contributed by atoms with Crippen LogP contribution in [0.2, 0.25) is 0 Å². The summed E-state index contributed by atoms with van der Waals surface area (Å²) in [6.45, 7) is 1.28. The van der Waals surface area contributed by atoms with Gasteiger partial charge in [0, 0.05) is 0 Å². The minimum absolute atomic E-state index is 0.0278. The van der Waals surface area contributed by atoms with Crippen LogP contribution in [-0.4, -0.2) is 24.6 Å². The number of ether oxygens (including phenoxy) is 1. The summed E-state index contributed by atoms with van der Waals surface area (Å²) in [6, 6.07) is 8.66. The van der Waals surface area contributed by atoms with Gasteiger partial charge in [-0.3, -0.25) is 9.59 Å². The predicted molar refractivity (Wildman–Crippen MR) is 59.5 cm³/mol. The normalized spacial score (nSPS) is 11.6. The number of nitrogens with one attached hydrogen (secondary N) is 1. The fourth-order valence-corrected chi connectivity index (χ4v) is 1.39. The summed E-state index contributed by atoms with van der Waals surface area (Å²) in [5.74, 6) is -2.21. The number of methoxy groups -OCH3 is 1.